The monoisotopic (exact) mass is 319 g/mol. The van der Waals surface area contributed by atoms with Gasteiger partial charge in [-0.25, -0.2) is 4.68 Å². The molecule has 0 aliphatic carbocycles. The van der Waals surface area contributed by atoms with E-state index in [-0.39, 0.29) is 5.91 Å². The summed E-state index contributed by atoms with van der Waals surface area (Å²) in [4.78, 5) is 12.4. The van der Waals surface area contributed by atoms with E-state index >= 15 is 0 Å². The van der Waals surface area contributed by atoms with Gasteiger partial charge in [-0.1, -0.05) is 48.0 Å². The summed E-state index contributed by atoms with van der Waals surface area (Å²) in [6, 6.07) is 18.2. The van der Waals surface area contributed by atoms with Gasteiger partial charge in [-0.05, 0) is 38.0 Å². The number of nitrogens with zero attached hydrogens (tertiary/aromatic N) is 2. The molecule has 24 heavy (non-hydrogen) atoms. The first-order valence-corrected chi connectivity index (χ1v) is 8.09. The summed E-state index contributed by atoms with van der Waals surface area (Å²) in [6.07, 6.45) is 2.45. The molecule has 0 atom stereocenters. The van der Waals surface area contributed by atoms with Crippen LogP contribution in [0.3, 0.4) is 0 Å². The highest BCUT2D eigenvalue weighted by atomic mass is 16.1. The van der Waals surface area contributed by atoms with E-state index in [0.717, 1.165) is 17.8 Å². The van der Waals surface area contributed by atoms with Crippen molar-refractivity contribution in [1.82, 2.24) is 15.1 Å². The fourth-order valence-corrected chi connectivity index (χ4v) is 2.64. The van der Waals surface area contributed by atoms with Gasteiger partial charge in [-0.15, -0.1) is 0 Å². The maximum Gasteiger partial charge on any atom is 0.254 e. The van der Waals surface area contributed by atoms with Gasteiger partial charge in [0, 0.05) is 6.54 Å². The van der Waals surface area contributed by atoms with E-state index in [1.54, 1.807) is 10.9 Å². The smallest absolute Gasteiger partial charge is 0.254 e. The van der Waals surface area contributed by atoms with Gasteiger partial charge in [0.05, 0.1) is 23.1 Å². The number of carbonyl (C=O) groups is 1. The predicted molar refractivity (Wildman–Crippen MR) is 95.5 cm³/mol. The molecule has 0 bridgehead atoms. The number of hydrogen-bond acceptors (Lipinski definition) is 2. The fourth-order valence-electron chi connectivity index (χ4n) is 2.64. The Hall–Kier alpha value is -2.88. The summed E-state index contributed by atoms with van der Waals surface area (Å²) in [5.41, 5.74) is 4.83. The lowest BCUT2D eigenvalue weighted by Crippen LogP contribution is -2.26. The summed E-state index contributed by atoms with van der Waals surface area (Å²) < 4.78 is 1.80. The van der Waals surface area contributed by atoms with E-state index in [9.17, 15) is 4.79 Å². The lowest BCUT2D eigenvalue weighted by Gasteiger charge is -2.07. The molecule has 3 aromatic rings. The maximum atomic E-state index is 12.4. The topological polar surface area (TPSA) is 46.9 Å². The molecule has 4 nitrogen and oxygen atoms in total. The van der Waals surface area contributed by atoms with Gasteiger partial charge in [0.1, 0.15) is 0 Å². The fraction of sp³-hybridized carbons (Fsp3) is 0.200. The summed E-state index contributed by atoms with van der Waals surface area (Å²) in [5.74, 6) is -0.0817. The zero-order chi connectivity index (χ0) is 16.9. The van der Waals surface area contributed by atoms with Crippen molar-refractivity contribution in [2.24, 2.45) is 0 Å². The normalized spacial score (nSPS) is 10.6. The van der Waals surface area contributed by atoms with Crippen LogP contribution in [-0.2, 0) is 6.42 Å². The highest BCUT2D eigenvalue weighted by molar-refractivity contribution is 5.95. The molecule has 1 aromatic heterocycles. The van der Waals surface area contributed by atoms with Crippen LogP contribution in [-0.4, -0.2) is 22.2 Å². The molecule has 1 heterocycles. The SMILES string of the molecule is Cc1ccc(-n2ncc(C(=O)NCCc3ccccc3)c2C)cc1. The number of hydrogen-bond donors (Lipinski definition) is 1. The quantitative estimate of drug-likeness (QED) is 0.783. The molecule has 2 aromatic carbocycles. The van der Waals surface area contributed by atoms with Crippen molar-refractivity contribution in [1.29, 1.82) is 0 Å². The third-order valence-electron chi connectivity index (χ3n) is 4.08. The van der Waals surface area contributed by atoms with Gasteiger partial charge >= 0.3 is 0 Å². The van der Waals surface area contributed by atoms with Crippen molar-refractivity contribution < 1.29 is 4.79 Å². The highest BCUT2D eigenvalue weighted by Gasteiger charge is 2.14. The minimum Gasteiger partial charge on any atom is -0.352 e. The van der Waals surface area contributed by atoms with Crippen LogP contribution in [0.5, 0.6) is 0 Å². The van der Waals surface area contributed by atoms with Crippen molar-refractivity contribution in [3.05, 3.63) is 83.2 Å². The molecule has 3 rings (SSSR count). The highest BCUT2D eigenvalue weighted by Crippen LogP contribution is 2.14. The van der Waals surface area contributed by atoms with E-state index in [4.69, 9.17) is 0 Å². The van der Waals surface area contributed by atoms with Crippen LogP contribution < -0.4 is 5.32 Å². The summed E-state index contributed by atoms with van der Waals surface area (Å²) in [6.45, 7) is 4.57. The van der Waals surface area contributed by atoms with Crippen molar-refractivity contribution >= 4 is 5.91 Å². The van der Waals surface area contributed by atoms with Gasteiger partial charge in [0.2, 0.25) is 0 Å². The first-order valence-electron chi connectivity index (χ1n) is 8.09. The Bertz CT molecular complexity index is 820. The molecule has 122 valence electrons. The molecule has 0 saturated carbocycles. The number of carbonyl (C=O) groups excluding carboxylic acids is 1. The Morgan fingerprint density at radius 1 is 1.04 bits per heavy atom. The molecule has 0 unspecified atom stereocenters. The molecule has 0 aliphatic heterocycles. The van der Waals surface area contributed by atoms with Gasteiger partial charge in [0.25, 0.3) is 5.91 Å². The molecule has 1 amide bonds. The van der Waals surface area contributed by atoms with Crippen LogP contribution in [0, 0.1) is 13.8 Å². The van der Waals surface area contributed by atoms with Crippen LogP contribution >= 0.6 is 0 Å². The molecular formula is C20H21N3O. The molecule has 0 spiro atoms. The van der Waals surface area contributed by atoms with Crippen molar-refractivity contribution in [2.75, 3.05) is 6.54 Å². The van der Waals surface area contributed by atoms with Gasteiger partial charge < -0.3 is 5.32 Å². The number of rotatable bonds is 5. The maximum absolute atomic E-state index is 12.4. The molecule has 4 heteroatoms. The van der Waals surface area contributed by atoms with E-state index in [2.05, 4.69) is 22.5 Å². The van der Waals surface area contributed by atoms with Gasteiger partial charge in [-0.2, -0.15) is 5.10 Å². The summed E-state index contributed by atoms with van der Waals surface area (Å²) in [5, 5.41) is 7.33. The third-order valence-corrected chi connectivity index (χ3v) is 4.08. The van der Waals surface area contributed by atoms with Crippen LogP contribution in [0.4, 0.5) is 0 Å². The van der Waals surface area contributed by atoms with E-state index in [1.165, 1.54) is 11.1 Å². The average molecular weight is 319 g/mol. The van der Waals surface area contributed by atoms with Crippen LogP contribution in [0.15, 0.2) is 60.8 Å². The lowest BCUT2D eigenvalue weighted by atomic mass is 10.1. The summed E-state index contributed by atoms with van der Waals surface area (Å²) in [7, 11) is 0. The summed E-state index contributed by atoms with van der Waals surface area (Å²) >= 11 is 0. The Kier molecular flexibility index (Phi) is 4.75. The first kappa shape index (κ1) is 16.0. The van der Waals surface area contributed by atoms with Crippen LogP contribution in [0.1, 0.15) is 27.2 Å². The molecule has 0 aliphatic rings. The van der Waals surface area contributed by atoms with E-state index in [0.29, 0.717) is 12.1 Å². The molecular weight excluding hydrogens is 298 g/mol. The number of aromatic nitrogens is 2. The van der Waals surface area contributed by atoms with Crippen LogP contribution in [0.25, 0.3) is 5.69 Å². The lowest BCUT2D eigenvalue weighted by molar-refractivity contribution is 0.0953. The number of nitrogens with one attached hydrogen (secondary N) is 1. The predicted octanol–water partition coefficient (Wildman–Crippen LogP) is 3.46. The first-order chi connectivity index (χ1) is 11.6. The van der Waals surface area contributed by atoms with E-state index < -0.39 is 0 Å². The second kappa shape index (κ2) is 7.13. The minimum absolute atomic E-state index is 0.0817. The molecule has 0 radical (unpaired) electrons. The Morgan fingerprint density at radius 2 is 1.75 bits per heavy atom. The van der Waals surface area contributed by atoms with Crippen LogP contribution in [0.2, 0.25) is 0 Å². The minimum atomic E-state index is -0.0817. The Morgan fingerprint density at radius 3 is 2.46 bits per heavy atom. The van der Waals surface area contributed by atoms with Gasteiger partial charge in [0.15, 0.2) is 0 Å². The number of amides is 1. The van der Waals surface area contributed by atoms with Crippen molar-refractivity contribution in [3.8, 4) is 5.69 Å². The molecule has 1 N–H and O–H groups in total. The zero-order valence-electron chi connectivity index (χ0n) is 14.0. The second-order valence-corrected chi connectivity index (χ2v) is 5.88. The Balaban J connectivity index is 1.66. The van der Waals surface area contributed by atoms with Crippen molar-refractivity contribution in [2.45, 2.75) is 20.3 Å². The standard InChI is InChI=1S/C20H21N3O/c1-15-8-10-18(11-9-15)23-16(2)19(14-22-23)20(24)21-13-12-17-6-4-3-5-7-17/h3-11,14H,12-13H2,1-2H3,(H,21,24). The second-order valence-electron chi connectivity index (χ2n) is 5.88. The number of benzene rings is 2. The molecule has 0 saturated heterocycles. The number of aryl methyl sites for hydroxylation is 1. The zero-order valence-corrected chi connectivity index (χ0v) is 14.0. The Labute approximate surface area is 142 Å². The van der Waals surface area contributed by atoms with Crippen molar-refractivity contribution in [3.63, 3.8) is 0 Å². The largest absolute Gasteiger partial charge is 0.352 e. The average Bonchev–Trinajstić information content (AvgIpc) is 2.98. The van der Waals surface area contributed by atoms with E-state index in [1.807, 2.05) is 56.3 Å². The van der Waals surface area contributed by atoms with Gasteiger partial charge in [-0.3, -0.25) is 4.79 Å². The molecule has 0 fully saturated rings. The third kappa shape index (κ3) is 3.54.